The molecule has 0 aliphatic carbocycles. The van der Waals surface area contributed by atoms with Gasteiger partial charge in [-0.3, -0.25) is 0 Å². The van der Waals surface area contributed by atoms with Crippen LogP contribution in [0.1, 0.15) is 104 Å². The van der Waals surface area contributed by atoms with Crippen molar-refractivity contribution >= 4 is 0 Å². The van der Waals surface area contributed by atoms with E-state index >= 15 is 0 Å². The van der Waals surface area contributed by atoms with E-state index in [0.29, 0.717) is 0 Å². The summed E-state index contributed by atoms with van der Waals surface area (Å²) in [6.07, 6.45) is 19.8. The number of aliphatic hydroxyl groups excluding tert-OH is 1. The van der Waals surface area contributed by atoms with Gasteiger partial charge in [0.05, 0.1) is 6.61 Å². The number of hydrogen-bond acceptors (Lipinski definition) is 2. The number of nitrogens with one attached hydrogen (secondary N) is 1. The summed E-state index contributed by atoms with van der Waals surface area (Å²) in [5.74, 6) is 0.886. The van der Waals surface area contributed by atoms with E-state index in [0.717, 1.165) is 19.0 Å². The highest BCUT2D eigenvalue weighted by atomic mass is 16.3. The maximum atomic E-state index is 8.64. The second kappa shape index (κ2) is 19.0. The van der Waals surface area contributed by atoms with Gasteiger partial charge in [-0.2, -0.15) is 0 Å². The van der Waals surface area contributed by atoms with Gasteiger partial charge in [0.25, 0.3) is 0 Å². The predicted molar refractivity (Wildman–Crippen MR) is 99.4 cm³/mol. The summed E-state index contributed by atoms with van der Waals surface area (Å²) < 4.78 is 0. The van der Waals surface area contributed by atoms with Gasteiger partial charge in [0.2, 0.25) is 0 Å². The SMILES string of the molecule is CC(C)CCCCCCCCCCCCCCCNCCO. The van der Waals surface area contributed by atoms with E-state index in [9.17, 15) is 0 Å². The van der Waals surface area contributed by atoms with Crippen LogP contribution in [0.4, 0.5) is 0 Å². The van der Waals surface area contributed by atoms with Crippen molar-refractivity contribution < 1.29 is 5.11 Å². The summed E-state index contributed by atoms with van der Waals surface area (Å²) in [4.78, 5) is 0. The molecule has 0 fully saturated rings. The van der Waals surface area contributed by atoms with Gasteiger partial charge in [-0.15, -0.1) is 0 Å². The molecule has 0 saturated heterocycles. The fraction of sp³-hybridized carbons (Fsp3) is 1.00. The van der Waals surface area contributed by atoms with Crippen molar-refractivity contribution in [2.45, 2.75) is 104 Å². The zero-order valence-corrected chi connectivity index (χ0v) is 15.5. The Morgan fingerprint density at radius 1 is 0.591 bits per heavy atom. The average molecular weight is 314 g/mol. The van der Waals surface area contributed by atoms with Gasteiger partial charge in [0.15, 0.2) is 0 Å². The zero-order valence-electron chi connectivity index (χ0n) is 15.5. The highest BCUT2D eigenvalue weighted by molar-refractivity contribution is 4.51. The quantitative estimate of drug-likeness (QED) is 0.319. The number of hydrogen-bond donors (Lipinski definition) is 2. The molecular weight excluding hydrogens is 270 g/mol. The second-order valence-corrected chi connectivity index (χ2v) is 7.25. The third-order valence-corrected chi connectivity index (χ3v) is 4.42. The molecule has 22 heavy (non-hydrogen) atoms. The standard InChI is InChI=1S/C20H43NO/c1-20(2)16-14-12-10-8-6-4-3-5-7-9-11-13-15-17-21-18-19-22/h20-22H,3-19H2,1-2H3. The minimum Gasteiger partial charge on any atom is -0.395 e. The Morgan fingerprint density at radius 3 is 1.41 bits per heavy atom. The molecule has 0 saturated carbocycles. The fourth-order valence-corrected chi connectivity index (χ4v) is 2.95. The molecule has 0 aliphatic heterocycles. The Kier molecular flexibility index (Phi) is 18.9. The van der Waals surface area contributed by atoms with Crippen molar-refractivity contribution in [3.63, 3.8) is 0 Å². The van der Waals surface area contributed by atoms with E-state index in [1.54, 1.807) is 0 Å². The molecule has 0 radical (unpaired) electrons. The van der Waals surface area contributed by atoms with Crippen LogP contribution in [0.15, 0.2) is 0 Å². The highest BCUT2D eigenvalue weighted by Gasteiger charge is 1.96. The summed E-state index contributed by atoms with van der Waals surface area (Å²) in [6.45, 7) is 6.73. The molecule has 0 aliphatic rings. The van der Waals surface area contributed by atoms with Crippen molar-refractivity contribution in [3.8, 4) is 0 Å². The van der Waals surface area contributed by atoms with Gasteiger partial charge in [0.1, 0.15) is 0 Å². The van der Waals surface area contributed by atoms with Crippen LogP contribution >= 0.6 is 0 Å². The van der Waals surface area contributed by atoms with Crippen molar-refractivity contribution in [2.75, 3.05) is 19.7 Å². The normalized spacial score (nSPS) is 11.5. The molecule has 0 rings (SSSR count). The first-order valence-electron chi connectivity index (χ1n) is 10.1. The summed E-state index contributed by atoms with van der Waals surface area (Å²) in [6, 6.07) is 0. The molecule has 2 N–H and O–H groups in total. The van der Waals surface area contributed by atoms with Gasteiger partial charge >= 0.3 is 0 Å². The van der Waals surface area contributed by atoms with Crippen molar-refractivity contribution in [1.29, 1.82) is 0 Å². The van der Waals surface area contributed by atoms with Crippen LogP contribution < -0.4 is 5.32 Å². The molecule has 0 heterocycles. The van der Waals surface area contributed by atoms with Crippen molar-refractivity contribution in [3.05, 3.63) is 0 Å². The van der Waals surface area contributed by atoms with Gasteiger partial charge < -0.3 is 10.4 Å². The van der Waals surface area contributed by atoms with Gasteiger partial charge in [-0.05, 0) is 18.9 Å². The molecule has 2 nitrogen and oxygen atoms in total. The minimum atomic E-state index is 0.262. The number of rotatable bonds is 18. The van der Waals surface area contributed by atoms with E-state index in [1.165, 1.54) is 89.9 Å². The molecule has 0 atom stereocenters. The zero-order chi connectivity index (χ0) is 16.3. The predicted octanol–water partition coefficient (Wildman–Crippen LogP) is 5.69. The van der Waals surface area contributed by atoms with Gasteiger partial charge in [0, 0.05) is 6.54 Å². The fourth-order valence-electron chi connectivity index (χ4n) is 2.95. The van der Waals surface area contributed by atoms with Gasteiger partial charge in [-0.1, -0.05) is 97.3 Å². The first-order chi connectivity index (χ1) is 10.8. The number of aliphatic hydroxyl groups is 1. The Balaban J connectivity index is 2.94. The van der Waals surface area contributed by atoms with Crippen molar-refractivity contribution in [2.24, 2.45) is 5.92 Å². The highest BCUT2D eigenvalue weighted by Crippen LogP contribution is 2.14. The molecule has 0 aromatic carbocycles. The lowest BCUT2D eigenvalue weighted by atomic mass is 10.0. The molecule has 0 unspecified atom stereocenters. The van der Waals surface area contributed by atoms with E-state index in [-0.39, 0.29) is 6.61 Å². The summed E-state index contributed by atoms with van der Waals surface area (Å²) >= 11 is 0. The lowest BCUT2D eigenvalue weighted by Crippen LogP contribution is -2.19. The van der Waals surface area contributed by atoms with E-state index < -0.39 is 0 Å². The minimum absolute atomic E-state index is 0.262. The largest absolute Gasteiger partial charge is 0.395 e. The van der Waals surface area contributed by atoms with E-state index in [4.69, 9.17) is 5.11 Å². The maximum absolute atomic E-state index is 8.64. The van der Waals surface area contributed by atoms with E-state index in [2.05, 4.69) is 19.2 Å². The number of unbranched alkanes of at least 4 members (excludes halogenated alkanes) is 12. The molecule has 0 aromatic heterocycles. The smallest absolute Gasteiger partial charge is 0.0555 e. The Labute approximate surface area is 140 Å². The monoisotopic (exact) mass is 313 g/mol. The molecular formula is C20H43NO. The average Bonchev–Trinajstić information content (AvgIpc) is 2.50. The summed E-state index contributed by atoms with van der Waals surface area (Å²) in [5, 5.41) is 11.9. The molecule has 2 heteroatoms. The van der Waals surface area contributed by atoms with Gasteiger partial charge in [-0.25, -0.2) is 0 Å². The summed E-state index contributed by atoms with van der Waals surface area (Å²) in [7, 11) is 0. The van der Waals surface area contributed by atoms with Crippen LogP contribution in [0, 0.1) is 5.92 Å². The third-order valence-electron chi connectivity index (χ3n) is 4.42. The first-order valence-corrected chi connectivity index (χ1v) is 10.1. The Bertz CT molecular complexity index is 194. The Morgan fingerprint density at radius 2 is 1.00 bits per heavy atom. The second-order valence-electron chi connectivity index (χ2n) is 7.25. The molecule has 0 amide bonds. The molecule has 0 aromatic rings. The molecule has 0 spiro atoms. The molecule has 134 valence electrons. The summed E-state index contributed by atoms with van der Waals surface area (Å²) in [5.41, 5.74) is 0. The lowest BCUT2D eigenvalue weighted by molar-refractivity contribution is 0.292. The molecule has 0 bridgehead atoms. The van der Waals surface area contributed by atoms with Crippen molar-refractivity contribution in [1.82, 2.24) is 5.32 Å². The lowest BCUT2D eigenvalue weighted by Gasteiger charge is -2.05. The maximum Gasteiger partial charge on any atom is 0.0555 e. The topological polar surface area (TPSA) is 32.3 Å². The van der Waals surface area contributed by atoms with Crippen LogP contribution in [-0.4, -0.2) is 24.8 Å². The Hall–Kier alpha value is -0.0800. The van der Waals surface area contributed by atoms with Crippen LogP contribution in [-0.2, 0) is 0 Å². The first kappa shape index (κ1) is 21.9. The van der Waals surface area contributed by atoms with E-state index in [1.807, 2.05) is 0 Å². The van der Waals surface area contributed by atoms with Crippen LogP contribution in [0.2, 0.25) is 0 Å². The van der Waals surface area contributed by atoms with Crippen LogP contribution in [0.5, 0.6) is 0 Å². The van der Waals surface area contributed by atoms with Crippen LogP contribution in [0.25, 0.3) is 0 Å². The van der Waals surface area contributed by atoms with Crippen LogP contribution in [0.3, 0.4) is 0 Å². The third kappa shape index (κ3) is 19.9.